The predicted molar refractivity (Wildman–Crippen MR) is 119 cm³/mol. The number of fused-ring (bicyclic) bond motifs is 1. The summed E-state index contributed by atoms with van der Waals surface area (Å²) in [6.07, 6.45) is 3.11. The molecule has 0 atom stereocenters. The van der Waals surface area contributed by atoms with Crippen molar-refractivity contribution in [3.8, 4) is 16.9 Å². The van der Waals surface area contributed by atoms with E-state index in [0.717, 1.165) is 11.1 Å². The molecule has 5 nitrogen and oxygen atoms in total. The number of hydrogen-bond acceptors (Lipinski definition) is 4. The third-order valence-corrected chi connectivity index (χ3v) is 5.50. The summed E-state index contributed by atoms with van der Waals surface area (Å²) in [5.41, 5.74) is 3.12. The van der Waals surface area contributed by atoms with Crippen molar-refractivity contribution in [2.45, 2.75) is 26.7 Å². The molecule has 0 saturated carbocycles. The first-order chi connectivity index (χ1) is 15.9. The molecule has 0 radical (unpaired) electrons. The van der Waals surface area contributed by atoms with Crippen LogP contribution in [0.4, 0.5) is 13.2 Å². The molecule has 0 fully saturated rings. The SMILES string of the molecule is CCOc1c(-c2cccc(F)c2)ccc(C(=O)N(C)Cc2cnc(CF)c3c2CN=C3)c1F. The summed E-state index contributed by atoms with van der Waals surface area (Å²) in [5.74, 6) is -1.93. The quantitative estimate of drug-likeness (QED) is 0.500. The first kappa shape index (κ1) is 22.5. The Morgan fingerprint density at radius 1 is 1.21 bits per heavy atom. The normalized spacial score (nSPS) is 12.0. The van der Waals surface area contributed by atoms with Crippen molar-refractivity contribution in [2.75, 3.05) is 13.7 Å². The van der Waals surface area contributed by atoms with E-state index in [0.29, 0.717) is 28.9 Å². The van der Waals surface area contributed by atoms with Crippen molar-refractivity contribution in [3.63, 3.8) is 0 Å². The first-order valence-electron chi connectivity index (χ1n) is 10.5. The summed E-state index contributed by atoms with van der Waals surface area (Å²) in [5, 5.41) is 0. The molecule has 1 aromatic heterocycles. The van der Waals surface area contributed by atoms with Crippen LogP contribution in [0.5, 0.6) is 5.75 Å². The summed E-state index contributed by atoms with van der Waals surface area (Å²) in [7, 11) is 1.55. The third-order valence-electron chi connectivity index (χ3n) is 5.50. The molecular weight excluding hydrogens is 431 g/mol. The van der Waals surface area contributed by atoms with Crippen molar-refractivity contribution >= 4 is 12.1 Å². The number of aliphatic imine (C=N–C) groups is 1. The Kier molecular flexibility index (Phi) is 6.44. The number of amides is 1. The summed E-state index contributed by atoms with van der Waals surface area (Å²) < 4.78 is 47.8. The number of carbonyl (C=O) groups excluding carboxylic acids is 1. The highest BCUT2D eigenvalue weighted by molar-refractivity contribution is 5.96. The summed E-state index contributed by atoms with van der Waals surface area (Å²) in [6, 6.07) is 8.66. The molecule has 3 aromatic rings. The molecule has 0 spiro atoms. The number of ether oxygens (including phenoxy) is 1. The zero-order valence-corrected chi connectivity index (χ0v) is 18.2. The van der Waals surface area contributed by atoms with Crippen LogP contribution in [0, 0.1) is 11.6 Å². The van der Waals surface area contributed by atoms with Crippen LogP contribution < -0.4 is 4.74 Å². The van der Waals surface area contributed by atoms with Gasteiger partial charge in [0.25, 0.3) is 5.91 Å². The summed E-state index contributed by atoms with van der Waals surface area (Å²) in [6.45, 7) is 1.70. The van der Waals surface area contributed by atoms with Gasteiger partial charge in [-0.05, 0) is 47.9 Å². The maximum atomic E-state index is 15.4. The zero-order chi connectivity index (χ0) is 23.5. The van der Waals surface area contributed by atoms with Crippen molar-refractivity contribution < 1.29 is 22.7 Å². The van der Waals surface area contributed by atoms with Gasteiger partial charge in [-0.15, -0.1) is 0 Å². The predicted octanol–water partition coefficient (Wildman–Crippen LogP) is 5.10. The van der Waals surface area contributed by atoms with Gasteiger partial charge in [0.15, 0.2) is 11.6 Å². The number of benzene rings is 2. The van der Waals surface area contributed by atoms with Crippen LogP contribution in [0.25, 0.3) is 11.1 Å². The van der Waals surface area contributed by atoms with E-state index < -0.39 is 24.2 Å². The van der Waals surface area contributed by atoms with Crippen LogP contribution >= 0.6 is 0 Å². The third kappa shape index (κ3) is 4.33. The highest BCUT2D eigenvalue weighted by Gasteiger charge is 2.24. The van der Waals surface area contributed by atoms with E-state index in [1.54, 1.807) is 32.3 Å². The number of rotatable bonds is 7. The molecule has 0 bridgehead atoms. The average Bonchev–Trinajstić information content (AvgIpc) is 3.31. The smallest absolute Gasteiger partial charge is 0.257 e. The molecule has 1 amide bonds. The Balaban J connectivity index is 1.65. The molecule has 2 aromatic carbocycles. The van der Waals surface area contributed by atoms with Crippen LogP contribution in [0.2, 0.25) is 0 Å². The molecule has 1 aliphatic heterocycles. The van der Waals surface area contributed by atoms with Gasteiger partial charge in [0.05, 0.1) is 24.4 Å². The average molecular weight is 453 g/mol. The zero-order valence-electron chi connectivity index (χ0n) is 18.2. The van der Waals surface area contributed by atoms with Gasteiger partial charge in [0, 0.05) is 37.1 Å². The lowest BCUT2D eigenvalue weighted by atomic mass is 10.0. The lowest BCUT2D eigenvalue weighted by Crippen LogP contribution is -2.28. The second-order valence-corrected chi connectivity index (χ2v) is 7.63. The number of alkyl halides is 1. The van der Waals surface area contributed by atoms with E-state index in [1.165, 1.54) is 35.4 Å². The fourth-order valence-electron chi connectivity index (χ4n) is 3.88. The van der Waals surface area contributed by atoms with Crippen molar-refractivity contribution in [2.24, 2.45) is 4.99 Å². The number of pyridine rings is 1. The highest BCUT2D eigenvalue weighted by atomic mass is 19.1. The molecule has 0 unspecified atom stereocenters. The van der Waals surface area contributed by atoms with Crippen LogP contribution in [0.15, 0.2) is 47.6 Å². The number of nitrogens with zero attached hydrogens (tertiary/aromatic N) is 3. The molecule has 1 aliphatic rings. The Morgan fingerprint density at radius 2 is 2.03 bits per heavy atom. The van der Waals surface area contributed by atoms with Crippen LogP contribution in [0.3, 0.4) is 0 Å². The molecule has 8 heteroatoms. The Morgan fingerprint density at radius 3 is 2.76 bits per heavy atom. The molecule has 33 heavy (non-hydrogen) atoms. The minimum absolute atomic E-state index is 0.106. The standard InChI is InChI=1S/C25H22F3N3O2/c1-3-33-24-18(15-5-4-6-17(27)9-15)7-8-19(23(24)28)25(32)31(2)14-16-11-30-22(10-26)21-13-29-12-20(16)21/h4-9,11,13H,3,10,12,14H2,1-2H3. The van der Waals surface area contributed by atoms with Crippen LogP contribution in [-0.2, 0) is 19.8 Å². The second kappa shape index (κ2) is 9.44. The van der Waals surface area contributed by atoms with Crippen molar-refractivity contribution in [3.05, 3.63) is 82.2 Å². The maximum absolute atomic E-state index is 15.4. The van der Waals surface area contributed by atoms with E-state index in [4.69, 9.17) is 4.74 Å². The monoisotopic (exact) mass is 453 g/mol. The molecule has 0 saturated heterocycles. The van der Waals surface area contributed by atoms with Crippen LogP contribution in [0.1, 0.15) is 39.7 Å². The van der Waals surface area contributed by atoms with Gasteiger partial charge < -0.3 is 9.64 Å². The van der Waals surface area contributed by atoms with Gasteiger partial charge in [-0.2, -0.15) is 0 Å². The maximum Gasteiger partial charge on any atom is 0.257 e. The molecule has 2 heterocycles. The highest BCUT2D eigenvalue weighted by Crippen LogP contribution is 2.35. The van der Waals surface area contributed by atoms with Crippen molar-refractivity contribution in [1.29, 1.82) is 0 Å². The van der Waals surface area contributed by atoms with E-state index in [9.17, 15) is 13.6 Å². The van der Waals surface area contributed by atoms with Gasteiger partial charge in [-0.3, -0.25) is 14.8 Å². The second-order valence-electron chi connectivity index (χ2n) is 7.63. The van der Waals surface area contributed by atoms with Crippen LogP contribution in [-0.4, -0.2) is 35.7 Å². The molecular formula is C25H22F3N3O2. The van der Waals surface area contributed by atoms with Crippen molar-refractivity contribution in [1.82, 2.24) is 9.88 Å². The largest absolute Gasteiger partial charge is 0.490 e. The summed E-state index contributed by atoms with van der Waals surface area (Å²) in [4.78, 5) is 22.8. The Bertz CT molecular complexity index is 1240. The minimum Gasteiger partial charge on any atom is -0.490 e. The lowest BCUT2D eigenvalue weighted by molar-refractivity contribution is 0.0779. The van der Waals surface area contributed by atoms with E-state index >= 15 is 4.39 Å². The topological polar surface area (TPSA) is 54.8 Å². The molecule has 0 aliphatic carbocycles. The molecule has 170 valence electrons. The van der Waals surface area contributed by atoms with Gasteiger partial charge in [0.2, 0.25) is 0 Å². The van der Waals surface area contributed by atoms with E-state index in [1.807, 2.05) is 0 Å². The molecule has 0 N–H and O–H groups in total. The number of hydrogen-bond donors (Lipinski definition) is 0. The molecule has 4 rings (SSSR count). The fourth-order valence-corrected chi connectivity index (χ4v) is 3.88. The fraction of sp³-hybridized carbons (Fsp3) is 0.240. The van der Waals surface area contributed by atoms with Gasteiger partial charge in [-0.1, -0.05) is 12.1 Å². The van der Waals surface area contributed by atoms with E-state index in [2.05, 4.69) is 9.98 Å². The Hall–Kier alpha value is -3.68. The number of halogens is 3. The van der Waals surface area contributed by atoms with E-state index in [-0.39, 0.29) is 24.5 Å². The number of carbonyl (C=O) groups is 1. The first-order valence-corrected chi connectivity index (χ1v) is 10.5. The minimum atomic E-state index is -0.810. The van der Waals surface area contributed by atoms with Gasteiger partial charge >= 0.3 is 0 Å². The number of aromatic nitrogens is 1. The van der Waals surface area contributed by atoms with Gasteiger partial charge in [0.1, 0.15) is 12.5 Å². The lowest BCUT2D eigenvalue weighted by Gasteiger charge is -2.21. The summed E-state index contributed by atoms with van der Waals surface area (Å²) >= 11 is 0. The Labute approximate surface area is 189 Å². The van der Waals surface area contributed by atoms with Gasteiger partial charge in [-0.25, -0.2) is 13.2 Å².